The van der Waals surface area contributed by atoms with Gasteiger partial charge in [-0.1, -0.05) is 38.1 Å². The highest BCUT2D eigenvalue weighted by Gasteiger charge is 2.12. The summed E-state index contributed by atoms with van der Waals surface area (Å²) in [6, 6.07) is 19.3. The molecular weight excluding hydrogens is 458 g/mol. The minimum atomic E-state index is -3.87. The molecule has 0 amide bonds. The van der Waals surface area contributed by atoms with Crippen molar-refractivity contribution in [3.63, 3.8) is 0 Å². The molecule has 0 saturated heterocycles. The highest BCUT2D eigenvalue weighted by molar-refractivity contribution is 9.10. The standard InChI is InChI=1S/C20H16BrN3O4S/c1-14-2-12-19(13-3-14)29(26,27)24-22-17-8-10-18(11-9-17)23-28-20(25)15-4-6-16(21)7-5-15/h2-13,23H,1H3. The zero-order valence-corrected chi connectivity index (χ0v) is 17.6. The van der Waals surface area contributed by atoms with Crippen molar-refractivity contribution in [3.8, 4) is 0 Å². The Bertz CT molecular complexity index is 1130. The van der Waals surface area contributed by atoms with Gasteiger partial charge in [-0.25, -0.2) is 10.3 Å². The molecule has 0 spiro atoms. The lowest BCUT2D eigenvalue weighted by molar-refractivity contribution is 0.0596. The molecule has 0 heterocycles. The number of hydrogen-bond donors (Lipinski definition) is 1. The zero-order chi connectivity index (χ0) is 20.9. The molecule has 9 heteroatoms. The number of nitrogens with zero attached hydrogens (tertiary/aromatic N) is 2. The molecule has 0 atom stereocenters. The van der Waals surface area contributed by atoms with E-state index in [0.717, 1.165) is 10.0 Å². The van der Waals surface area contributed by atoms with Crippen LogP contribution in [0.3, 0.4) is 0 Å². The molecule has 0 bridgehead atoms. The van der Waals surface area contributed by atoms with Crippen LogP contribution in [0, 0.1) is 6.92 Å². The Labute approximate surface area is 176 Å². The van der Waals surface area contributed by atoms with E-state index in [0.29, 0.717) is 16.9 Å². The van der Waals surface area contributed by atoms with Crippen molar-refractivity contribution in [2.45, 2.75) is 11.8 Å². The molecule has 3 aromatic rings. The van der Waals surface area contributed by atoms with Crippen molar-refractivity contribution in [1.82, 2.24) is 0 Å². The first-order valence-electron chi connectivity index (χ1n) is 8.41. The van der Waals surface area contributed by atoms with Gasteiger partial charge in [0.15, 0.2) is 0 Å². The van der Waals surface area contributed by atoms with E-state index in [-0.39, 0.29) is 4.90 Å². The quantitative estimate of drug-likeness (QED) is 0.381. The van der Waals surface area contributed by atoms with Crippen molar-refractivity contribution >= 4 is 43.3 Å². The number of halogens is 1. The van der Waals surface area contributed by atoms with Crippen LogP contribution in [-0.2, 0) is 14.9 Å². The normalized spacial score (nSPS) is 11.4. The number of benzene rings is 3. The van der Waals surface area contributed by atoms with Gasteiger partial charge in [-0.15, -0.1) is 5.11 Å². The van der Waals surface area contributed by atoms with E-state index >= 15 is 0 Å². The van der Waals surface area contributed by atoms with E-state index in [1.54, 1.807) is 60.7 Å². The predicted octanol–water partition coefficient (Wildman–Crippen LogP) is 5.41. The average Bonchev–Trinajstić information content (AvgIpc) is 2.72. The van der Waals surface area contributed by atoms with Gasteiger partial charge in [-0.3, -0.25) is 0 Å². The maximum Gasteiger partial charge on any atom is 0.362 e. The monoisotopic (exact) mass is 473 g/mol. The molecule has 0 aliphatic rings. The van der Waals surface area contributed by atoms with Crippen molar-refractivity contribution in [3.05, 3.63) is 88.4 Å². The molecule has 0 radical (unpaired) electrons. The topological polar surface area (TPSA) is 97.2 Å². The first-order chi connectivity index (χ1) is 13.8. The Morgan fingerprint density at radius 1 is 0.931 bits per heavy atom. The van der Waals surface area contributed by atoms with Gasteiger partial charge in [0.1, 0.15) is 0 Å². The van der Waals surface area contributed by atoms with Gasteiger partial charge >= 0.3 is 5.97 Å². The van der Waals surface area contributed by atoms with Crippen LogP contribution in [0.2, 0.25) is 0 Å². The van der Waals surface area contributed by atoms with Crippen LogP contribution in [0.25, 0.3) is 0 Å². The molecule has 0 fully saturated rings. The summed E-state index contributed by atoms with van der Waals surface area (Å²) >= 11 is 3.30. The Morgan fingerprint density at radius 2 is 1.55 bits per heavy atom. The molecule has 29 heavy (non-hydrogen) atoms. The lowest BCUT2D eigenvalue weighted by Gasteiger charge is -2.07. The van der Waals surface area contributed by atoms with Crippen LogP contribution >= 0.6 is 15.9 Å². The minimum Gasteiger partial charge on any atom is -0.338 e. The van der Waals surface area contributed by atoms with Crippen molar-refractivity contribution in [2.75, 3.05) is 5.48 Å². The Balaban J connectivity index is 1.61. The summed E-state index contributed by atoms with van der Waals surface area (Å²) in [6.07, 6.45) is 0. The maximum absolute atomic E-state index is 12.2. The number of sulfonamides is 1. The van der Waals surface area contributed by atoms with Crippen LogP contribution in [0.1, 0.15) is 15.9 Å². The lowest BCUT2D eigenvalue weighted by atomic mass is 10.2. The van der Waals surface area contributed by atoms with Crippen LogP contribution in [0.5, 0.6) is 0 Å². The largest absolute Gasteiger partial charge is 0.362 e. The first kappa shape index (κ1) is 20.7. The summed E-state index contributed by atoms with van der Waals surface area (Å²) < 4.78 is 28.7. The van der Waals surface area contributed by atoms with Gasteiger partial charge in [0.2, 0.25) is 0 Å². The molecular formula is C20H16BrN3O4S. The van der Waals surface area contributed by atoms with E-state index in [1.807, 2.05) is 6.92 Å². The summed E-state index contributed by atoms with van der Waals surface area (Å²) in [4.78, 5) is 17.1. The first-order valence-corrected chi connectivity index (χ1v) is 10.6. The second-order valence-electron chi connectivity index (χ2n) is 6.02. The van der Waals surface area contributed by atoms with Gasteiger partial charge in [0, 0.05) is 4.47 Å². The third-order valence-electron chi connectivity index (χ3n) is 3.79. The van der Waals surface area contributed by atoms with Gasteiger partial charge < -0.3 is 4.84 Å². The minimum absolute atomic E-state index is 0.0741. The van der Waals surface area contributed by atoms with Gasteiger partial charge in [-0.2, -0.15) is 8.42 Å². The second-order valence-corrected chi connectivity index (χ2v) is 8.52. The fourth-order valence-corrected chi connectivity index (χ4v) is 3.24. The van der Waals surface area contributed by atoms with Crippen molar-refractivity contribution in [2.24, 2.45) is 9.63 Å². The van der Waals surface area contributed by atoms with E-state index in [2.05, 4.69) is 31.0 Å². The number of carbonyl (C=O) groups excluding carboxylic acids is 1. The van der Waals surface area contributed by atoms with Crippen LogP contribution in [-0.4, -0.2) is 14.4 Å². The SMILES string of the molecule is Cc1ccc(S(=O)(=O)N=Nc2ccc(NOC(=O)c3ccc(Br)cc3)cc2)cc1. The number of aryl methyl sites for hydroxylation is 1. The number of nitrogens with one attached hydrogen (secondary N) is 1. The fourth-order valence-electron chi connectivity index (χ4n) is 2.20. The molecule has 0 saturated carbocycles. The summed E-state index contributed by atoms with van der Waals surface area (Å²) in [5.41, 5.74) is 4.72. The molecule has 7 nitrogen and oxygen atoms in total. The van der Waals surface area contributed by atoms with E-state index < -0.39 is 16.0 Å². The smallest absolute Gasteiger partial charge is 0.338 e. The lowest BCUT2D eigenvalue weighted by Crippen LogP contribution is -2.10. The van der Waals surface area contributed by atoms with Crippen molar-refractivity contribution in [1.29, 1.82) is 0 Å². The Hall–Kier alpha value is -3.04. The average molecular weight is 474 g/mol. The van der Waals surface area contributed by atoms with Crippen LogP contribution in [0.4, 0.5) is 11.4 Å². The highest BCUT2D eigenvalue weighted by atomic mass is 79.9. The van der Waals surface area contributed by atoms with Crippen LogP contribution in [0.15, 0.2) is 91.8 Å². The third kappa shape index (κ3) is 5.72. The summed E-state index contributed by atoms with van der Waals surface area (Å²) in [5, 5.41) is 3.77. The fraction of sp³-hybridized carbons (Fsp3) is 0.0500. The Morgan fingerprint density at radius 3 is 2.17 bits per heavy atom. The third-order valence-corrected chi connectivity index (χ3v) is 5.48. The molecule has 0 aliphatic heterocycles. The van der Waals surface area contributed by atoms with Crippen LogP contribution < -0.4 is 5.48 Å². The molecule has 0 aliphatic carbocycles. The van der Waals surface area contributed by atoms with E-state index in [9.17, 15) is 13.2 Å². The molecule has 3 aromatic carbocycles. The molecule has 148 valence electrons. The number of rotatable bonds is 6. The predicted molar refractivity (Wildman–Crippen MR) is 113 cm³/mol. The highest BCUT2D eigenvalue weighted by Crippen LogP contribution is 2.20. The van der Waals surface area contributed by atoms with E-state index in [1.165, 1.54) is 12.1 Å². The molecule has 0 unspecified atom stereocenters. The summed E-state index contributed by atoms with van der Waals surface area (Å²) in [5.74, 6) is -0.537. The second kappa shape index (κ2) is 8.97. The summed E-state index contributed by atoms with van der Waals surface area (Å²) in [6.45, 7) is 1.86. The van der Waals surface area contributed by atoms with E-state index in [4.69, 9.17) is 4.84 Å². The Kier molecular flexibility index (Phi) is 6.40. The molecule has 0 aromatic heterocycles. The number of hydrogen-bond acceptors (Lipinski definition) is 6. The van der Waals surface area contributed by atoms with Gasteiger partial charge in [0.05, 0.1) is 21.8 Å². The maximum atomic E-state index is 12.2. The number of carbonyl (C=O) groups is 1. The van der Waals surface area contributed by atoms with Gasteiger partial charge in [-0.05, 0) is 67.6 Å². The summed E-state index contributed by atoms with van der Waals surface area (Å²) in [7, 11) is -3.87. The van der Waals surface area contributed by atoms with Gasteiger partial charge in [0.25, 0.3) is 10.0 Å². The molecule has 3 rings (SSSR count). The number of anilines is 1. The zero-order valence-electron chi connectivity index (χ0n) is 15.2. The molecule has 1 N–H and O–H groups in total. The van der Waals surface area contributed by atoms with Crippen molar-refractivity contribution < 1.29 is 18.0 Å².